The first kappa shape index (κ1) is 28.0. The number of nitrogens with two attached hydrogens (primary N) is 1. The molecule has 1 fully saturated rings. The summed E-state index contributed by atoms with van der Waals surface area (Å²) in [6.07, 6.45) is 2.96. The Morgan fingerprint density at radius 1 is 1.18 bits per heavy atom. The number of ether oxygens (including phenoxy) is 1. The Hall–Kier alpha value is -3.55. The number of nitrogens with zero attached hydrogens (tertiary/aromatic N) is 5. The van der Waals surface area contributed by atoms with Gasteiger partial charge in [-0.3, -0.25) is 4.72 Å². The van der Waals surface area contributed by atoms with Crippen molar-refractivity contribution in [2.75, 3.05) is 30.7 Å². The largest absolute Gasteiger partial charge is 0.495 e. The standard InChI is InChI=1S/C26H28ClF2N7O3S/c1-14(2)35-9-7-15(8-10-35)36-26-22(25(30)31-13-32-26)24(33-36)16-5-4-6-19(23(16)29)34-40(37,38)21-11-17(27)20(39-3)12-18(21)28/h4-6,11-15,34H,7-10H2,1-3H3,(H2,30,31,32). The summed E-state index contributed by atoms with van der Waals surface area (Å²) in [7, 11) is -3.30. The molecule has 0 atom stereocenters. The molecule has 1 saturated heterocycles. The van der Waals surface area contributed by atoms with Crippen molar-refractivity contribution in [2.24, 2.45) is 0 Å². The van der Waals surface area contributed by atoms with E-state index in [0.717, 1.165) is 38.1 Å². The SMILES string of the molecule is COc1cc(F)c(S(=O)(=O)Nc2cccc(-c3nn(C4CCN(C(C)C)CC4)c4ncnc(N)c34)c2F)cc1Cl. The van der Waals surface area contributed by atoms with E-state index in [2.05, 4.69) is 33.4 Å². The van der Waals surface area contributed by atoms with Gasteiger partial charge in [0.25, 0.3) is 10.0 Å². The lowest BCUT2D eigenvalue weighted by atomic mass is 10.0. The number of sulfonamides is 1. The van der Waals surface area contributed by atoms with E-state index in [1.807, 2.05) is 0 Å². The highest BCUT2D eigenvalue weighted by molar-refractivity contribution is 7.92. The molecule has 212 valence electrons. The third-order valence-electron chi connectivity index (χ3n) is 7.09. The zero-order chi connectivity index (χ0) is 28.8. The van der Waals surface area contributed by atoms with Crippen LogP contribution in [0.1, 0.15) is 32.7 Å². The maximum Gasteiger partial charge on any atom is 0.264 e. The van der Waals surface area contributed by atoms with Crippen molar-refractivity contribution in [1.29, 1.82) is 0 Å². The lowest BCUT2D eigenvalue weighted by Crippen LogP contribution is -2.39. The molecular formula is C26H28ClF2N7O3S. The summed E-state index contributed by atoms with van der Waals surface area (Å²) in [5.41, 5.74) is 6.42. The van der Waals surface area contributed by atoms with Crippen LogP contribution in [0.15, 0.2) is 41.6 Å². The minimum Gasteiger partial charge on any atom is -0.495 e. The maximum atomic E-state index is 15.9. The Morgan fingerprint density at radius 2 is 1.90 bits per heavy atom. The van der Waals surface area contributed by atoms with Crippen molar-refractivity contribution >= 4 is 44.2 Å². The second-order valence-electron chi connectivity index (χ2n) is 9.80. The number of aromatic nitrogens is 4. The fourth-order valence-corrected chi connectivity index (χ4v) is 6.40. The third-order valence-corrected chi connectivity index (χ3v) is 8.76. The molecule has 1 aliphatic rings. The molecule has 0 radical (unpaired) electrons. The van der Waals surface area contributed by atoms with Crippen LogP contribution in [0.5, 0.6) is 5.75 Å². The van der Waals surface area contributed by atoms with Gasteiger partial charge in [0, 0.05) is 30.8 Å². The van der Waals surface area contributed by atoms with Crippen molar-refractivity contribution in [3.05, 3.63) is 53.3 Å². The number of benzene rings is 2. The number of likely N-dealkylation sites (tertiary alicyclic amines) is 1. The molecule has 0 unspecified atom stereocenters. The summed E-state index contributed by atoms with van der Waals surface area (Å²) in [4.78, 5) is 10.1. The van der Waals surface area contributed by atoms with Gasteiger partial charge in [0.2, 0.25) is 0 Å². The average Bonchev–Trinajstić information content (AvgIpc) is 3.31. The van der Waals surface area contributed by atoms with E-state index >= 15 is 4.39 Å². The highest BCUT2D eigenvalue weighted by atomic mass is 35.5. The first-order chi connectivity index (χ1) is 19.0. The summed E-state index contributed by atoms with van der Waals surface area (Å²) in [5.74, 6) is -1.95. The predicted molar refractivity (Wildman–Crippen MR) is 149 cm³/mol. The Balaban J connectivity index is 1.55. The summed E-state index contributed by atoms with van der Waals surface area (Å²) in [6.45, 7) is 6.04. The van der Waals surface area contributed by atoms with E-state index < -0.39 is 32.2 Å². The number of nitrogens with one attached hydrogen (secondary N) is 1. The fraction of sp³-hybridized carbons (Fsp3) is 0.346. The van der Waals surface area contributed by atoms with Crippen molar-refractivity contribution in [3.63, 3.8) is 0 Å². The van der Waals surface area contributed by atoms with Crippen molar-refractivity contribution < 1.29 is 21.9 Å². The van der Waals surface area contributed by atoms with Crippen LogP contribution in [0.3, 0.4) is 0 Å². The lowest BCUT2D eigenvalue weighted by molar-refractivity contribution is 0.148. The summed E-state index contributed by atoms with van der Waals surface area (Å²) < 4.78 is 65.5. The molecule has 2 aromatic carbocycles. The van der Waals surface area contributed by atoms with Crippen LogP contribution < -0.4 is 15.2 Å². The molecule has 4 aromatic rings. The Bertz CT molecular complexity index is 1690. The van der Waals surface area contributed by atoms with E-state index in [4.69, 9.17) is 27.2 Å². The zero-order valence-corrected chi connectivity index (χ0v) is 23.6. The molecule has 3 N–H and O–H groups in total. The van der Waals surface area contributed by atoms with Crippen molar-refractivity contribution in [2.45, 2.75) is 43.7 Å². The smallest absolute Gasteiger partial charge is 0.264 e. The zero-order valence-electron chi connectivity index (χ0n) is 22.0. The monoisotopic (exact) mass is 591 g/mol. The summed E-state index contributed by atoms with van der Waals surface area (Å²) in [6, 6.07) is 6.31. The summed E-state index contributed by atoms with van der Waals surface area (Å²) >= 11 is 6.01. The van der Waals surface area contributed by atoms with Crippen LogP contribution in [0, 0.1) is 11.6 Å². The van der Waals surface area contributed by atoms with Gasteiger partial charge in [-0.15, -0.1) is 0 Å². The van der Waals surface area contributed by atoms with Crippen LogP contribution in [0.25, 0.3) is 22.3 Å². The molecule has 2 aromatic heterocycles. The number of hydrogen-bond acceptors (Lipinski definition) is 8. The first-order valence-electron chi connectivity index (χ1n) is 12.6. The van der Waals surface area contributed by atoms with E-state index in [0.29, 0.717) is 17.1 Å². The van der Waals surface area contributed by atoms with Gasteiger partial charge in [-0.2, -0.15) is 5.10 Å². The molecule has 14 heteroatoms. The van der Waals surface area contributed by atoms with Crippen molar-refractivity contribution in [3.8, 4) is 17.0 Å². The minimum absolute atomic E-state index is 0.00749. The van der Waals surface area contributed by atoms with Crippen LogP contribution in [0.4, 0.5) is 20.3 Å². The molecule has 1 aliphatic heterocycles. The number of nitrogen functional groups attached to an aromatic ring is 1. The molecule has 10 nitrogen and oxygen atoms in total. The maximum absolute atomic E-state index is 15.9. The number of hydrogen-bond donors (Lipinski definition) is 2. The van der Waals surface area contributed by atoms with Crippen LogP contribution >= 0.6 is 11.6 Å². The number of fused-ring (bicyclic) bond motifs is 1. The minimum atomic E-state index is -4.57. The van der Waals surface area contributed by atoms with E-state index in [1.54, 1.807) is 4.68 Å². The molecule has 0 spiro atoms. The molecule has 0 bridgehead atoms. The molecule has 5 rings (SSSR count). The summed E-state index contributed by atoms with van der Waals surface area (Å²) in [5, 5.41) is 4.96. The lowest BCUT2D eigenvalue weighted by Gasteiger charge is -2.34. The number of piperidine rings is 1. The van der Waals surface area contributed by atoms with Gasteiger partial charge in [-0.1, -0.05) is 17.7 Å². The highest BCUT2D eigenvalue weighted by Gasteiger charge is 2.29. The molecule has 0 amide bonds. The Kier molecular flexibility index (Phi) is 7.55. The fourth-order valence-electron chi connectivity index (χ4n) is 4.95. The Labute approximate surface area is 235 Å². The quantitative estimate of drug-likeness (QED) is 0.312. The van der Waals surface area contributed by atoms with Gasteiger partial charge in [-0.05, 0) is 44.9 Å². The number of halogens is 3. The first-order valence-corrected chi connectivity index (χ1v) is 14.5. The highest BCUT2D eigenvalue weighted by Crippen LogP contribution is 2.38. The van der Waals surface area contributed by atoms with Crippen LogP contribution in [0.2, 0.25) is 5.02 Å². The van der Waals surface area contributed by atoms with E-state index in [1.165, 1.54) is 31.6 Å². The van der Waals surface area contributed by atoms with Gasteiger partial charge in [0.05, 0.1) is 29.2 Å². The van der Waals surface area contributed by atoms with Crippen LogP contribution in [-0.2, 0) is 10.0 Å². The second-order valence-corrected chi connectivity index (χ2v) is 11.9. The van der Waals surface area contributed by atoms with Gasteiger partial charge in [0.1, 0.15) is 34.3 Å². The topological polar surface area (TPSA) is 128 Å². The molecule has 40 heavy (non-hydrogen) atoms. The van der Waals surface area contributed by atoms with Gasteiger partial charge >= 0.3 is 0 Å². The van der Waals surface area contributed by atoms with Crippen molar-refractivity contribution in [1.82, 2.24) is 24.6 Å². The normalized spacial score (nSPS) is 15.2. The molecule has 0 aliphatic carbocycles. The van der Waals surface area contributed by atoms with E-state index in [9.17, 15) is 12.8 Å². The molecule has 3 heterocycles. The number of rotatable bonds is 7. The predicted octanol–water partition coefficient (Wildman–Crippen LogP) is 4.86. The van der Waals surface area contributed by atoms with Gasteiger partial charge in [-0.25, -0.2) is 31.8 Å². The molecule has 0 saturated carbocycles. The van der Waals surface area contributed by atoms with Crippen LogP contribution in [-0.4, -0.2) is 59.3 Å². The number of anilines is 2. The molecular weight excluding hydrogens is 564 g/mol. The third kappa shape index (κ3) is 5.04. The number of methoxy groups -OCH3 is 1. The second kappa shape index (κ2) is 10.8. The Morgan fingerprint density at radius 3 is 2.58 bits per heavy atom. The van der Waals surface area contributed by atoms with E-state index in [-0.39, 0.29) is 33.9 Å². The van der Waals surface area contributed by atoms with Gasteiger partial charge in [0.15, 0.2) is 11.5 Å². The van der Waals surface area contributed by atoms with Gasteiger partial charge < -0.3 is 15.4 Å². The average molecular weight is 592 g/mol.